The van der Waals surface area contributed by atoms with Crippen LogP contribution in [0.5, 0.6) is 0 Å². The van der Waals surface area contributed by atoms with Gasteiger partial charge in [-0.25, -0.2) is 0 Å². The first-order chi connectivity index (χ1) is 9.95. The van der Waals surface area contributed by atoms with Gasteiger partial charge in [0.15, 0.2) is 0 Å². The van der Waals surface area contributed by atoms with Crippen LogP contribution >= 0.6 is 0 Å². The molecule has 1 heterocycles. The summed E-state index contributed by atoms with van der Waals surface area (Å²) in [4.78, 5) is 2.60. The van der Waals surface area contributed by atoms with Crippen LogP contribution in [-0.2, 0) is 6.42 Å². The molecule has 2 nitrogen and oxygen atoms in total. The normalized spacial score (nSPS) is 21.6. The molecule has 1 fully saturated rings. The zero-order chi connectivity index (χ0) is 15.3. The third kappa shape index (κ3) is 5.44. The number of nitrogens with zero attached hydrogens (tertiary/aromatic N) is 1. The summed E-state index contributed by atoms with van der Waals surface area (Å²) in [5, 5.41) is 3.77. The lowest BCUT2D eigenvalue weighted by molar-refractivity contribution is 0.243. The van der Waals surface area contributed by atoms with E-state index in [4.69, 9.17) is 0 Å². The molecule has 1 N–H and O–H groups in total. The molecule has 118 valence electrons. The van der Waals surface area contributed by atoms with Crippen LogP contribution in [0.25, 0.3) is 0 Å². The molecule has 0 radical (unpaired) electrons. The lowest BCUT2D eigenvalue weighted by Crippen LogP contribution is -2.38. The third-order valence-corrected chi connectivity index (χ3v) is 5.02. The number of benzene rings is 1. The van der Waals surface area contributed by atoms with Gasteiger partial charge in [-0.1, -0.05) is 58.0 Å². The van der Waals surface area contributed by atoms with Gasteiger partial charge in [-0.3, -0.25) is 0 Å². The predicted molar refractivity (Wildman–Crippen MR) is 91.6 cm³/mol. The van der Waals surface area contributed by atoms with Gasteiger partial charge in [0.25, 0.3) is 0 Å². The Morgan fingerprint density at radius 3 is 2.62 bits per heavy atom. The van der Waals surface area contributed by atoms with Gasteiger partial charge in [-0.05, 0) is 42.8 Å². The Morgan fingerprint density at radius 2 is 1.95 bits per heavy atom. The number of hydrogen-bond donors (Lipinski definition) is 1. The van der Waals surface area contributed by atoms with Crippen molar-refractivity contribution in [2.45, 2.75) is 46.6 Å². The summed E-state index contributed by atoms with van der Waals surface area (Å²) < 4.78 is 0. The van der Waals surface area contributed by atoms with E-state index >= 15 is 0 Å². The van der Waals surface area contributed by atoms with Gasteiger partial charge < -0.3 is 10.2 Å². The summed E-state index contributed by atoms with van der Waals surface area (Å²) >= 11 is 0. The molecule has 2 unspecified atom stereocenters. The molecule has 2 heteroatoms. The van der Waals surface area contributed by atoms with E-state index < -0.39 is 0 Å². The summed E-state index contributed by atoms with van der Waals surface area (Å²) in [7, 11) is 0. The van der Waals surface area contributed by atoms with E-state index in [1.165, 1.54) is 38.0 Å². The minimum atomic E-state index is 0.401. The molecule has 1 aromatic rings. The maximum atomic E-state index is 3.77. The van der Waals surface area contributed by atoms with Gasteiger partial charge in [-0.15, -0.1) is 0 Å². The minimum Gasteiger partial charge on any atom is -0.312 e. The van der Waals surface area contributed by atoms with Gasteiger partial charge in [0.05, 0.1) is 0 Å². The van der Waals surface area contributed by atoms with Crippen LogP contribution in [0.2, 0.25) is 0 Å². The Balaban J connectivity index is 1.67. The molecule has 0 amide bonds. The smallest absolute Gasteiger partial charge is 0.0207 e. The maximum absolute atomic E-state index is 3.77. The highest BCUT2D eigenvalue weighted by molar-refractivity contribution is 5.14. The lowest BCUT2D eigenvalue weighted by atomic mass is 9.82. The monoisotopic (exact) mass is 288 g/mol. The van der Waals surface area contributed by atoms with Crippen LogP contribution < -0.4 is 5.32 Å². The molecule has 0 aromatic heterocycles. The maximum Gasteiger partial charge on any atom is 0.0207 e. The summed E-state index contributed by atoms with van der Waals surface area (Å²) in [5.74, 6) is 0.718. The molecule has 1 aromatic carbocycles. The molecule has 1 aliphatic heterocycles. The molecular weight excluding hydrogens is 256 g/mol. The summed E-state index contributed by atoms with van der Waals surface area (Å²) in [6.45, 7) is 14.1. The molecule has 2 rings (SSSR count). The molecule has 21 heavy (non-hydrogen) atoms. The fourth-order valence-corrected chi connectivity index (χ4v) is 2.78. The zero-order valence-corrected chi connectivity index (χ0v) is 14.2. The molecule has 0 aliphatic carbocycles. The highest BCUT2D eigenvalue weighted by Gasteiger charge is 2.24. The fourth-order valence-electron chi connectivity index (χ4n) is 2.78. The molecular formula is C19H32N2. The Morgan fingerprint density at radius 1 is 1.24 bits per heavy atom. The van der Waals surface area contributed by atoms with Gasteiger partial charge in [-0.2, -0.15) is 0 Å². The number of nitrogens with one attached hydrogen (secondary N) is 1. The van der Waals surface area contributed by atoms with Crippen molar-refractivity contribution in [3.05, 3.63) is 35.9 Å². The molecule has 0 spiro atoms. The van der Waals surface area contributed by atoms with Crippen LogP contribution in [0.3, 0.4) is 0 Å². The van der Waals surface area contributed by atoms with Gasteiger partial charge >= 0.3 is 0 Å². The van der Waals surface area contributed by atoms with E-state index in [2.05, 4.69) is 68.2 Å². The van der Waals surface area contributed by atoms with Crippen LogP contribution in [0.1, 0.15) is 39.7 Å². The van der Waals surface area contributed by atoms with E-state index in [1.54, 1.807) is 0 Å². The van der Waals surface area contributed by atoms with Crippen LogP contribution in [0.15, 0.2) is 30.3 Å². The van der Waals surface area contributed by atoms with Crippen molar-refractivity contribution in [3.63, 3.8) is 0 Å². The lowest BCUT2D eigenvalue weighted by Gasteiger charge is -2.28. The first-order valence-electron chi connectivity index (χ1n) is 8.45. The number of rotatable bonds is 6. The van der Waals surface area contributed by atoms with Crippen molar-refractivity contribution in [2.24, 2.45) is 11.3 Å². The Hall–Kier alpha value is -0.860. The van der Waals surface area contributed by atoms with Crippen molar-refractivity contribution in [1.29, 1.82) is 0 Å². The zero-order valence-electron chi connectivity index (χ0n) is 14.2. The van der Waals surface area contributed by atoms with E-state index in [1.807, 2.05) is 0 Å². The standard InChI is InChI=1S/C19H32N2/c1-16(19(2,3)4)14-20-18-11-13-21(15-18)12-10-17-8-6-5-7-9-17/h5-9,16,18,20H,10-15H2,1-4H3. The van der Waals surface area contributed by atoms with Gasteiger partial charge in [0, 0.05) is 19.1 Å². The summed E-state index contributed by atoms with van der Waals surface area (Å²) in [6.07, 6.45) is 2.47. The first-order valence-corrected chi connectivity index (χ1v) is 8.45. The molecule has 1 saturated heterocycles. The van der Waals surface area contributed by atoms with Crippen LogP contribution in [0, 0.1) is 11.3 Å². The van der Waals surface area contributed by atoms with Crippen LogP contribution in [-0.4, -0.2) is 37.1 Å². The molecule has 1 aliphatic rings. The first kappa shape index (κ1) is 16.5. The van der Waals surface area contributed by atoms with Gasteiger partial charge in [0.2, 0.25) is 0 Å². The molecule has 0 bridgehead atoms. The molecule has 2 atom stereocenters. The van der Waals surface area contributed by atoms with E-state index in [0.29, 0.717) is 11.5 Å². The van der Waals surface area contributed by atoms with Crippen molar-refractivity contribution < 1.29 is 0 Å². The van der Waals surface area contributed by atoms with E-state index in [-0.39, 0.29) is 0 Å². The Bertz CT molecular complexity index is 407. The van der Waals surface area contributed by atoms with Crippen molar-refractivity contribution >= 4 is 0 Å². The molecule has 0 saturated carbocycles. The van der Waals surface area contributed by atoms with Crippen LogP contribution in [0.4, 0.5) is 0 Å². The topological polar surface area (TPSA) is 15.3 Å². The Labute approximate surface area is 130 Å². The highest BCUT2D eigenvalue weighted by Crippen LogP contribution is 2.24. The average Bonchev–Trinajstić information content (AvgIpc) is 2.90. The average molecular weight is 288 g/mol. The second kappa shape index (κ2) is 7.42. The fraction of sp³-hybridized carbons (Fsp3) is 0.684. The Kier molecular flexibility index (Phi) is 5.83. The van der Waals surface area contributed by atoms with Gasteiger partial charge in [0.1, 0.15) is 0 Å². The highest BCUT2D eigenvalue weighted by atomic mass is 15.2. The quantitative estimate of drug-likeness (QED) is 0.861. The van der Waals surface area contributed by atoms with Crippen molar-refractivity contribution in [1.82, 2.24) is 10.2 Å². The summed E-state index contributed by atoms with van der Waals surface area (Å²) in [5.41, 5.74) is 1.86. The predicted octanol–water partition coefficient (Wildman–Crippen LogP) is 3.58. The minimum absolute atomic E-state index is 0.401. The third-order valence-electron chi connectivity index (χ3n) is 5.02. The largest absolute Gasteiger partial charge is 0.312 e. The second-order valence-electron chi connectivity index (χ2n) is 7.70. The SMILES string of the molecule is CC(CNC1CCN(CCc2ccccc2)C1)C(C)(C)C. The van der Waals surface area contributed by atoms with Crippen molar-refractivity contribution in [3.8, 4) is 0 Å². The van der Waals surface area contributed by atoms with E-state index in [9.17, 15) is 0 Å². The van der Waals surface area contributed by atoms with E-state index in [0.717, 1.165) is 12.5 Å². The number of likely N-dealkylation sites (tertiary alicyclic amines) is 1. The number of hydrogen-bond acceptors (Lipinski definition) is 2. The van der Waals surface area contributed by atoms with Crippen molar-refractivity contribution in [2.75, 3.05) is 26.2 Å². The summed E-state index contributed by atoms with van der Waals surface area (Å²) in [6, 6.07) is 11.5. The second-order valence-corrected chi connectivity index (χ2v) is 7.70.